The van der Waals surface area contributed by atoms with Crippen LogP contribution >= 0.6 is 0 Å². The highest BCUT2D eigenvalue weighted by Crippen LogP contribution is 2.34. The van der Waals surface area contributed by atoms with Crippen molar-refractivity contribution in [2.75, 3.05) is 12.4 Å². The number of hydrogen-bond acceptors (Lipinski definition) is 3. The van der Waals surface area contributed by atoms with E-state index in [0.717, 1.165) is 6.42 Å². The van der Waals surface area contributed by atoms with Crippen LogP contribution in [0.2, 0.25) is 0 Å². The molecule has 1 heterocycles. The second-order valence-electron chi connectivity index (χ2n) is 4.51. The average molecular weight is 233 g/mol. The second-order valence-corrected chi connectivity index (χ2v) is 4.51. The van der Waals surface area contributed by atoms with E-state index in [1.54, 1.807) is 25.4 Å². The highest BCUT2D eigenvalue weighted by Gasteiger charge is 2.37. The Morgan fingerprint density at radius 1 is 1.59 bits per heavy atom. The molecule has 0 spiro atoms. The summed E-state index contributed by atoms with van der Waals surface area (Å²) in [6.07, 6.45) is 5.19. The van der Waals surface area contributed by atoms with Crippen LogP contribution in [0, 0.1) is 5.92 Å². The third-order valence-corrected chi connectivity index (χ3v) is 3.19. The molecule has 0 radical (unpaired) electrons. The first-order valence-corrected chi connectivity index (χ1v) is 6.20. The lowest BCUT2D eigenvalue weighted by atomic mass is 10.2. The second kappa shape index (κ2) is 5.17. The molecule has 1 amide bonds. The molecule has 92 valence electrons. The standard InChI is InChI=1S/C13H19N3O/c1-3-5-9-8-11(9)16-13(17)10-6-4-7-15-12(10)14-2/h4,6-7,9,11H,3,5,8H2,1-2H3,(H,14,15)(H,16,17). The first-order valence-electron chi connectivity index (χ1n) is 6.20. The van der Waals surface area contributed by atoms with Gasteiger partial charge in [0, 0.05) is 19.3 Å². The molecule has 2 rings (SSSR count). The van der Waals surface area contributed by atoms with Crippen LogP contribution in [0.3, 0.4) is 0 Å². The fourth-order valence-corrected chi connectivity index (χ4v) is 2.15. The molecule has 0 aliphatic heterocycles. The van der Waals surface area contributed by atoms with Gasteiger partial charge in [-0.15, -0.1) is 0 Å². The van der Waals surface area contributed by atoms with Crippen molar-refractivity contribution in [1.82, 2.24) is 10.3 Å². The first-order chi connectivity index (χ1) is 8.26. The Balaban J connectivity index is 1.96. The molecular formula is C13H19N3O. The van der Waals surface area contributed by atoms with Crippen LogP contribution in [0.15, 0.2) is 18.3 Å². The van der Waals surface area contributed by atoms with E-state index in [9.17, 15) is 4.79 Å². The molecule has 4 heteroatoms. The highest BCUT2D eigenvalue weighted by molar-refractivity contribution is 5.99. The maximum atomic E-state index is 12.0. The number of carbonyl (C=O) groups is 1. The largest absolute Gasteiger partial charge is 0.372 e. The third-order valence-electron chi connectivity index (χ3n) is 3.19. The smallest absolute Gasteiger partial charge is 0.255 e. The number of rotatable bonds is 5. The fourth-order valence-electron chi connectivity index (χ4n) is 2.15. The van der Waals surface area contributed by atoms with E-state index in [2.05, 4.69) is 22.5 Å². The lowest BCUT2D eigenvalue weighted by molar-refractivity contribution is 0.0949. The van der Waals surface area contributed by atoms with Crippen molar-refractivity contribution >= 4 is 11.7 Å². The molecule has 2 N–H and O–H groups in total. The van der Waals surface area contributed by atoms with E-state index < -0.39 is 0 Å². The van der Waals surface area contributed by atoms with Crippen LogP contribution in [0.25, 0.3) is 0 Å². The third kappa shape index (κ3) is 2.75. The molecule has 2 unspecified atom stereocenters. The van der Waals surface area contributed by atoms with Crippen molar-refractivity contribution in [3.8, 4) is 0 Å². The van der Waals surface area contributed by atoms with Gasteiger partial charge in [-0.25, -0.2) is 4.98 Å². The molecule has 1 fully saturated rings. The summed E-state index contributed by atoms with van der Waals surface area (Å²) in [7, 11) is 1.77. The maximum absolute atomic E-state index is 12.0. The molecule has 0 saturated heterocycles. The number of anilines is 1. The Kier molecular flexibility index (Phi) is 3.61. The van der Waals surface area contributed by atoms with Crippen molar-refractivity contribution in [3.05, 3.63) is 23.9 Å². The molecule has 1 aromatic heterocycles. The summed E-state index contributed by atoms with van der Waals surface area (Å²) in [4.78, 5) is 16.2. The lowest BCUT2D eigenvalue weighted by Crippen LogP contribution is -2.27. The molecule has 0 bridgehead atoms. The Hall–Kier alpha value is -1.58. The average Bonchev–Trinajstić information content (AvgIpc) is 3.07. The normalized spacial score (nSPS) is 22.0. The minimum Gasteiger partial charge on any atom is -0.372 e. The van der Waals surface area contributed by atoms with Gasteiger partial charge in [-0.05, 0) is 30.9 Å². The Morgan fingerprint density at radius 3 is 3.12 bits per heavy atom. The summed E-state index contributed by atoms with van der Waals surface area (Å²) in [5.74, 6) is 1.29. The number of carbonyl (C=O) groups excluding carboxylic acids is 1. The summed E-state index contributed by atoms with van der Waals surface area (Å²) < 4.78 is 0. The summed E-state index contributed by atoms with van der Waals surface area (Å²) in [5.41, 5.74) is 0.622. The van der Waals surface area contributed by atoms with Crippen LogP contribution < -0.4 is 10.6 Å². The summed E-state index contributed by atoms with van der Waals surface area (Å²) in [6, 6.07) is 3.95. The maximum Gasteiger partial charge on any atom is 0.255 e. The van der Waals surface area contributed by atoms with Gasteiger partial charge in [-0.2, -0.15) is 0 Å². The predicted molar refractivity (Wildman–Crippen MR) is 68.1 cm³/mol. The molecule has 1 aliphatic carbocycles. The molecule has 1 saturated carbocycles. The van der Waals surface area contributed by atoms with E-state index >= 15 is 0 Å². The van der Waals surface area contributed by atoms with E-state index in [1.807, 2.05) is 0 Å². The summed E-state index contributed by atoms with van der Waals surface area (Å²) in [5, 5.41) is 6.00. The monoisotopic (exact) mass is 233 g/mol. The van der Waals surface area contributed by atoms with Gasteiger partial charge in [0.25, 0.3) is 5.91 Å². The zero-order valence-corrected chi connectivity index (χ0v) is 10.4. The number of aromatic nitrogens is 1. The molecule has 2 atom stereocenters. The van der Waals surface area contributed by atoms with Crippen LogP contribution in [-0.4, -0.2) is 24.0 Å². The molecular weight excluding hydrogens is 214 g/mol. The van der Waals surface area contributed by atoms with Crippen molar-refractivity contribution < 1.29 is 4.79 Å². The van der Waals surface area contributed by atoms with Crippen LogP contribution in [0.4, 0.5) is 5.82 Å². The lowest BCUT2D eigenvalue weighted by Gasteiger charge is -2.08. The SMILES string of the molecule is CCCC1CC1NC(=O)c1cccnc1NC. The molecule has 1 aliphatic rings. The van der Waals surface area contributed by atoms with Crippen LogP contribution in [0.5, 0.6) is 0 Å². The Bertz CT molecular complexity index is 405. The van der Waals surface area contributed by atoms with Crippen molar-refractivity contribution in [1.29, 1.82) is 0 Å². The van der Waals surface area contributed by atoms with Gasteiger partial charge in [0.2, 0.25) is 0 Å². The van der Waals surface area contributed by atoms with Crippen molar-refractivity contribution in [3.63, 3.8) is 0 Å². The number of hydrogen-bond donors (Lipinski definition) is 2. The summed E-state index contributed by atoms with van der Waals surface area (Å²) >= 11 is 0. The first kappa shape index (κ1) is 11.9. The fraction of sp³-hybridized carbons (Fsp3) is 0.538. The zero-order chi connectivity index (χ0) is 12.3. The van der Waals surface area contributed by atoms with Gasteiger partial charge in [-0.3, -0.25) is 4.79 Å². The number of pyridine rings is 1. The molecule has 4 nitrogen and oxygen atoms in total. The van der Waals surface area contributed by atoms with Crippen molar-refractivity contribution in [2.45, 2.75) is 32.2 Å². The van der Waals surface area contributed by atoms with Gasteiger partial charge < -0.3 is 10.6 Å². The van der Waals surface area contributed by atoms with Gasteiger partial charge in [0.15, 0.2) is 0 Å². The molecule has 0 aromatic carbocycles. The summed E-state index contributed by atoms with van der Waals surface area (Å²) in [6.45, 7) is 2.18. The van der Waals surface area contributed by atoms with E-state index in [1.165, 1.54) is 12.8 Å². The van der Waals surface area contributed by atoms with E-state index in [4.69, 9.17) is 0 Å². The number of nitrogens with one attached hydrogen (secondary N) is 2. The van der Waals surface area contributed by atoms with Crippen molar-refractivity contribution in [2.24, 2.45) is 5.92 Å². The highest BCUT2D eigenvalue weighted by atomic mass is 16.1. The Labute approximate surface area is 102 Å². The number of nitrogens with zero attached hydrogens (tertiary/aromatic N) is 1. The van der Waals surface area contributed by atoms with Gasteiger partial charge in [0.05, 0.1) is 5.56 Å². The Morgan fingerprint density at radius 2 is 2.41 bits per heavy atom. The molecule has 1 aromatic rings. The van der Waals surface area contributed by atoms with Crippen LogP contribution in [0.1, 0.15) is 36.5 Å². The topological polar surface area (TPSA) is 54.0 Å². The predicted octanol–water partition coefficient (Wildman–Crippen LogP) is 2.04. The van der Waals surface area contributed by atoms with Crippen LogP contribution in [-0.2, 0) is 0 Å². The van der Waals surface area contributed by atoms with Gasteiger partial charge in [-0.1, -0.05) is 13.3 Å². The van der Waals surface area contributed by atoms with E-state index in [0.29, 0.717) is 23.3 Å². The van der Waals surface area contributed by atoms with Gasteiger partial charge in [0.1, 0.15) is 5.82 Å². The number of amides is 1. The zero-order valence-electron chi connectivity index (χ0n) is 10.4. The van der Waals surface area contributed by atoms with E-state index in [-0.39, 0.29) is 5.91 Å². The minimum atomic E-state index is -0.0222. The van der Waals surface area contributed by atoms with Gasteiger partial charge >= 0.3 is 0 Å². The quantitative estimate of drug-likeness (QED) is 0.818. The molecule has 17 heavy (non-hydrogen) atoms. The minimum absolute atomic E-state index is 0.0222.